The lowest BCUT2D eigenvalue weighted by atomic mass is 10.1. The van der Waals surface area contributed by atoms with E-state index in [-0.39, 0.29) is 23.7 Å². The maximum atomic E-state index is 12.5. The second-order valence-electron chi connectivity index (χ2n) is 7.04. The van der Waals surface area contributed by atoms with E-state index in [1.807, 2.05) is 29.2 Å². The number of methoxy groups -OCH3 is 1. The maximum Gasteiger partial charge on any atom is 0.226 e. The van der Waals surface area contributed by atoms with Crippen LogP contribution in [0.4, 0.5) is 0 Å². The molecule has 136 valence electrons. The van der Waals surface area contributed by atoms with E-state index in [4.69, 9.17) is 4.74 Å². The first-order valence-corrected chi connectivity index (χ1v) is 9.39. The summed E-state index contributed by atoms with van der Waals surface area (Å²) in [6.45, 7) is 2.29. The van der Waals surface area contributed by atoms with Gasteiger partial charge in [0.05, 0.1) is 18.9 Å². The molecule has 0 spiro atoms. The first-order valence-electron chi connectivity index (χ1n) is 9.39. The van der Waals surface area contributed by atoms with Crippen molar-refractivity contribution in [1.29, 1.82) is 0 Å². The van der Waals surface area contributed by atoms with E-state index < -0.39 is 0 Å². The van der Waals surface area contributed by atoms with Gasteiger partial charge in [-0.15, -0.1) is 0 Å². The molecule has 1 aliphatic heterocycles. The number of para-hydroxylation sites is 1. The average Bonchev–Trinajstić information content (AvgIpc) is 3.45. The first-order chi connectivity index (χ1) is 12.2. The summed E-state index contributed by atoms with van der Waals surface area (Å²) in [4.78, 5) is 26.8. The van der Waals surface area contributed by atoms with E-state index in [2.05, 4.69) is 5.32 Å². The lowest BCUT2D eigenvalue weighted by molar-refractivity contribution is -0.134. The highest BCUT2D eigenvalue weighted by molar-refractivity contribution is 5.92. The summed E-state index contributed by atoms with van der Waals surface area (Å²) < 4.78 is 5.33. The summed E-state index contributed by atoms with van der Waals surface area (Å²) in [5.74, 6) is 0.824. The zero-order valence-corrected chi connectivity index (χ0v) is 15.0. The number of nitrogens with zero attached hydrogens (tertiary/aromatic N) is 1. The number of benzene rings is 1. The van der Waals surface area contributed by atoms with Crippen LogP contribution >= 0.6 is 0 Å². The normalized spacial score (nSPS) is 22.8. The van der Waals surface area contributed by atoms with Crippen molar-refractivity contribution in [2.45, 2.75) is 38.5 Å². The van der Waals surface area contributed by atoms with Crippen molar-refractivity contribution in [3.63, 3.8) is 0 Å². The van der Waals surface area contributed by atoms with Crippen LogP contribution in [0.25, 0.3) is 0 Å². The summed E-state index contributed by atoms with van der Waals surface area (Å²) in [6, 6.07) is 7.84. The van der Waals surface area contributed by atoms with Gasteiger partial charge in [0.25, 0.3) is 0 Å². The van der Waals surface area contributed by atoms with Crippen LogP contribution in [0.2, 0.25) is 0 Å². The van der Waals surface area contributed by atoms with E-state index >= 15 is 0 Å². The molecule has 1 aromatic rings. The summed E-state index contributed by atoms with van der Waals surface area (Å²) in [7, 11) is 1.65. The molecule has 2 aliphatic rings. The van der Waals surface area contributed by atoms with E-state index in [0.717, 1.165) is 43.7 Å². The minimum Gasteiger partial charge on any atom is -0.496 e. The van der Waals surface area contributed by atoms with Gasteiger partial charge in [-0.2, -0.15) is 0 Å². The molecule has 1 aromatic carbocycles. The highest BCUT2D eigenvalue weighted by Gasteiger charge is 2.49. The number of carbonyl (C=O) groups excluding carboxylic acids is 2. The second-order valence-corrected chi connectivity index (χ2v) is 7.04. The van der Waals surface area contributed by atoms with Gasteiger partial charge >= 0.3 is 0 Å². The summed E-state index contributed by atoms with van der Waals surface area (Å²) >= 11 is 0. The fourth-order valence-electron chi connectivity index (χ4n) is 3.64. The average molecular weight is 344 g/mol. The minimum atomic E-state index is -0.131. The van der Waals surface area contributed by atoms with Crippen LogP contribution in [0.15, 0.2) is 24.3 Å². The van der Waals surface area contributed by atoms with Crippen LogP contribution in [0.3, 0.4) is 0 Å². The molecule has 1 saturated heterocycles. The van der Waals surface area contributed by atoms with Crippen molar-refractivity contribution < 1.29 is 14.3 Å². The number of hydrogen-bond acceptors (Lipinski definition) is 3. The Hall–Kier alpha value is -2.04. The maximum absolute atomic E-state index is 12.5. The molecule has 1 saturated carbocycles. The minimum absolute atomic E-state index is 0.0167. The van der Waals surface area contributed by atoms with Crippen LogP contribution < -0.4 is 10.1 Å². The predicted octanol–water partition coefficient (Wildman–Crippen LogP) is 2.39. The van der Waals surface area contributed by atoms with Crippen LogP contribution in [0, 0.1) is 11.8 Å². The molecule has 25 heavy (non-hydrogen) atoms. The number of ether oxygens (including phenoxy) is 1. The van der Waals surface area contributed by atoms with Crippen LogP contribution in [0.1, 0.15) is 37.7 Å². The van der Waals surface area contributed by atoms with Gasteiger partial charge in [0.1, 0.15) is 5.75 Å². The van der Waals surface area contributed by atoms with Gasteiger partial charge in [-0.3, -0.25) is 9.59 Å². The highest BCUT2D eigenvalue weighted by atomic mass is 16.5. The number of carbonyl (C=O) groups is 2. The highest BCUT2D eigenvalue weighted by Crippen LogP contribution is 2.40. The zero-order chi connectivity index (χ0) is 17.6. The molecule has 1 heterocycles. The van der Waals surface area contributed by atoms with Crippen LogP contribution in [-0.4, -0.2) is 43.5 Å². The Morgan fingerprint density at radius 3 is 2.56 bits per heavy atom. The third-order valence-electron chi connectivity index (χ3n) is 5.25. The predicted molar refractivity (Wildman–Crippen MR) is 96.4 cm³/mol. The fraction of sp³-hybridized carbons (Fsp3) is 0.600. The third kappa shape index (κ3) is 4.53. The van der Waals surface area contributed by atoms with Crippen molar-refractivity contribution in [3.05, 3.63) is 29.8 Å². The van der Waals surface area contributed by atoms with Crippen molar-refractivity contribution in [1.82, 2.24) is 10.2 Å². The molecular formula is C20H28N2O3. The summed E-state index contributed by atoms with van der Waals surface area (Å²) in [5.41, 5.74) is 1.08. The van der Waals surface area contributed by atoms with Gasteiger partial charge in [-0.05, 0) is 37.3 Å². The van der Waals surface area contributed by atoms with Gasteiger partial charge in [0.2, 0.25) is 11.8 Å². The number of amides is 2. The van der Waals surface area contributed by atoms with Crippen molar-refractivity contribution >= 4 is 11.8 Å². The van der Waals surface area contributed by atoms with E-state index in [1.165, 1.54) is 12.8 Å². The van der Waals surface area contributed by atoms with Gasteiger partial charge in [-0.25, -0.2) is 0 Å². The van der Waals surface area contributed by atoms with Gasteiger partial charge < -0.3 is 15.0 Å². The molecule has 1 N–H and O–H groups in total. The zero-order valence-electron chi connectivity index (χ0n) is 15.0. The lowest BCUT2D eigenvalue weighted by Crippen LogP contribution is -2.35. The van der Waals surface area contributed by atoms with Crippen molar-refractivity contribution in [2.75, 3.05) is 26.7 Å². The molecule has 3 rings (SSSR count). The molecular weight excluding hydrogens is 316 g/mol. The molecule has 2 atom stereocenters. The quantitative estimate of drug-likeness (QED) is 0.862. The summed E-state index contributed by atoms with van der Waals surface area (Å²) in [6.07, 6.45) is 6.04. The summed E-state index contributed by atoms with van der Waals surface area (Å²) in [5, 5.41) is 2.98. The SMILES string of the molecule is COc1ccccc1CCNC(=O)C1CC1C(=O)N1CCCCCC1. The molecule has 0 radical (unpaired) electrons. The Balaban J connectivity index is 1.43. The molecule has 0 aromatic heterocycles. The Morgan fingerprint density at radius 2 is 1.84 bits per heavy atom. The molecule has 5 heteroatoms. The second kappa shape index (κ2) is 8.37. The Morgan fingerprint density at radius 1 is 1.12 bits per heavy atom. The molecule has 2 amide bonds. The molecule has 2 unspecified atom stereocenters. The van der Waals surface area contributed by atoms with E-state index in [9.17, 15) is 9.59 Å². The smallest absolute Gasteiger partial charge is 0.226 e. The van der Waals surface area contributed by atoms with Crippen LogP contribution in [-0.2, 0) is 16.0 Å². The number of likely N-dealkylation sites (tertiary alicyclic amines) is 1. The number of nitrogens with one attached hydrogen (secondary N) is 1. The van der Waals surface area contributed by atoms with Gasteiger partial charge in [-0.1, -0.05) is 31.0 Å². The third-order valence-corrected chi connectivity index (χ3v) is 5.25. The molecule has 1 aliphatic carbocycles. The van der Waals surface area contributed by atoms with Crippen molar-refractivity contribution in [3.8, 4) is 5.75 Å². The molecule has 2 fully saturated rings. The molecule has 5 nitrogen and oxygen atoms in total. The fourth-order valence-corrected chi connectivity index (χ4v) is 3.64. The Kier molecular flexibility index (Phi) is 5.95. The molecule has 0 bridgehead atoms. The van der Waals surface area contributed by atoms with Crippen molar-refractivity contribution in [2.24, 2.45) is 11.8 Å². The van der Waals surface area contributed by atoms with E-state index in [1.54, 1.807) is 7.11 Å². The van der Waals surface area contributed by atoms with Gasteiger partial charge in [0.15, 0.2) is 0 Å². The Labute approximate surface area is 149 Å². The van der Waals surface area contributed by atoms with Gasteiger partial charge in [0, 0.05) is 19.6 Å². The van der Waals surface area contributed by atoms with Crippen LogP contribution in [0.5, 0.6) is 5.75 Å². The standard InChI is InChI=1S/C20H28N2O3/c1-25-18-9-5-4-8-15(18)10-11-21-19(23)16-14-17(16)20(24)22-12-6-2-3-7-13-22/h4-5,8-9,16-17H,2-3,6-7,10-14H2,1H3,(H,21,23). The lowest BCUT2D eigenvalue weighted by Gasteiger charge is -2.20. The van der Waals surface area contributed by atoms with E-state index in [0.29, 0.717) is 13.0 Å². The number of hydrogen-bond donors (Lipinski definition) is 1. The monoisotopic (exact) mass is 344 g/mol. The number of rotatable bonds is 6. The largest absolute Gasteiger partial charge is 0.496 e. The Bertz CT molecular complexity index is 609. The topological polar surface area (TPSA) is 58.6 Å². The first kappa shape index (κ1) is 17.8.